The topological polar surface area (TPSA) is 65.8 Å². The minimum absolute atomic E-state index is 0.0242. The van der Waals surface area contributed by atoms with Gasteiger partial charge in [-0.3, -0.25) is 14.5 Å². The Morgan fingerprint density at radius 3 is 2.23 bits per heavy atom. The van der Waals surface area contributed by atoms with Crippen molar-refractivity contribution in [3.63, 3.8) is 0 Å². The van der Waals surface area contributed by atoms with Crippen LogP contribution in [0.2, 0.25) is 0 Å². The summed E-state index contributed by atoms with van der Waals surface area (Å²) in [5.74, 6) is 1.00. The fraction of sp³-hybridized carbons (Fsp3) is 0.400. The quantitative estimate of drug-likeness (QED) is 0.916. The van der Waals surface area contributed by atoms with Gasteiger partial charge in [-0.25, -0.2) is 0 Å². The van der Waals surface area contributed by atoms with Gasteiger partial charge in [0, 0.05) is 31.9 Å². The molecule has 0 spiro atoms. The number of hydrogen-bond acceptors (Lipinski definition) is 4. The minimum atomic E-state index is -0.0854. The van der Waals surface area contributed by atoms with Crippen molar-refractivity contribution in [3.8, 4) is 0 Å². The Balaban J connectivity index is 1.51. The average molecular weight is 355 g/mol. The summed E-state index contributed by atoms with van der Waals surface area (Å²) in [6.07, 6.45) is 0. The SMILES string of the molecule is Cc1ccc(C(=O)N2CCN(CC(=O)Nc3c(C)cccc3C)CC2)o1. The van der Waals surface area contributed by atoms with Crippen LogP contribution >= 0.6 is 0 Å². The maximum absolute atomic E-state index is 12.4. The van der Waals surface area contributed by atoms with Gasteiger partial charge < -0.3 is 14.6 Å². The van der Waals surface area contributed by atoms with Gasteiger partial charge in [-0.05, 0) is 44.0 Å². The van der Waals surface area contributed by atoms with Crippen LogP contribution in [-0.4, -0.2) is 54.3 Å². The van der Waals surface area contributed by atoms with E-state index in [-0.39, 0.29) is 11.8 Å². The number of hydrogen-bond donors (Lipinski definition) is 1. The molecule has 6 nitrogen and oxygen atoms in total. The van der Waals surface area contributed by atoms with Crippen LogP contribution in [0.4, 0.5) is 5.69 Å². The fourth-order valence-electron chi connectivity index (χ4n) is 3.21. The molecule has 2 heterocycles. The smallest absolute Gasteiger partial charge is 0.289 e. The summed E-state index contributed by atoms with van der Waals surface area (Å²) in [6, 6.07) is 9.47. The number of nitrogens with zero attached hydrogens (tertiary/aromatic N) is 2. The molecule has 3 rings (SSSR count). The van der Waals surface area contributed by atoms with Crippen LogP contribution in [0.5, 0.6) is 0 Å². The van der Waals surface area contributed by atoms with Crippen LogP contribution in [0.25, 0.3) is 0 Å². The number of furan rings is 1. The van der Waals surface area contributed by atoms with Crippen molar-refractivity contribution in [2.75, 3.05) is 38.0 Å². The predicted octanol–water partition coefficient (Wildman–Crippen LogP) is 2.60. The molecule has 138 valence electrons. The molecule has 1 aromatic carbocycles. The Morgan fingerprint density at radius 2 is 1.65 bits per heavy atom. The Bertz CT molecular complexity index is 784. The largest absolute Gasteiger partial charge is 0.456 e. The lowest BCUT2D eigenvalue weighted by atomic mass is 10.1. The number of piperazine rings is 1. The second-order valence-corrected chi connectivity index (χ2v) is 6.79. The van der Waals surface area contributed by atoms with Crippen molar-refractivity contribution < 1.29 is 14.0 Å². The summed E-state index contributed by atoms with van der Waals surface area (Å²) < 4.78 is 5.41. The number of nitrogens with one attached hydrogen (secondary N) is 1. The van der Waals surface area contributed by atoms with Gasteiger partial charge in [0.15, 0.2) is 5.76 Å². The van der Waals surface area contributed by atoms with E-state index in [1.807, 2.05) is 39.0 Å². The van der Waals surface area contributed by atoms with Crippen molar-refractivity contribution in [2.24, 2.45) is 0 Å². The van der Waals surface area contributed by atoms with Gasteiger partial charge in [-0.1, -0.05) is 18.2 Å². The van der Waals surface area contributed by atoms with E-state index >= 15 is 0 Å². The number of carbonyl (C=O) groups is 2. The Hall–Kier alpha value is -2.60. The molecule has 1 aromatic heterocycles. The standard InChI is InChI=1S/C20H25N3O3/c1-14-5-4-6-15(2)19(14)21-18(24)13-22-9-11-23(12-10-22)20(25)17-8-7-16(3)26-17/h4-8H,9-13H2,1-3H3,(H,21,24). The zero-order chi connectivity index (χ0) is 18.7. The van der Waals surface area contributed by atoms with Gasteiger partial charge >= 0.3 is 0 Å². The number of carbonyl (C=O) groups excluding carboxylic acids is 2. The first kappa shape index (κ1) is 18.2. The summed E-state index contributed by atoms with van der Waals surface area (Å²) in [4.78, 5) is 28.6. The monoisotopic (exact) mass is 355 g/mol. The first-order valence-corrected chi connectivity index (χ1v) is 8.88. The highest BCUT2D eigenvalue weighted by molar-refractivity contribution is 5.94. The van der Waals surface area contributed by atoms with Crippen LogP contribution in [0.1, 0.15) is 27.4 Å². The minimum Gasteiger partial charge on any atom is -0.456 e. The molecule has 0 unspecified atom stereocenters. The molecule has 2 aromatic rings. The van der Waals surface area contributed by atoms with Gasteiger partial charge in [-0.15, -0.1) is 0 Å². The lowest BCUT2D eigenvalue weighted by molar-refractivity contribution is -0.117. The van der Waals surface area contributed by atoms with Crippen molar-refractivity contribution in [2.45, 2.75) is 20.8 Å². The Labute approximate surface area is 153 Å². The van der Waals surface area contributed by atoms with E-state index in [0.717, 1.165) is 22.6 Å². The first-order chi connectivity index (χ1) is 12.4. The van der Waals surface area contributed by atoms with Crippen LogP contribution in [-0.2, 0) is 4.79 Å². The normalized spacial score (nSPS) is 15.1. The van der Waals surface area contributed by atoms with E-state index in [1.54, 1.807) is 17.0 Å². The Kier molecular flexibility index (Phi) is 5.42. The third kappa shape index (κ3) is 4.14. The molecule has 0 atom stereocenters. The van der Waals surface area contributed by atoms with Crippen molar-refractivity contribution in [3.05, 3.63) is 53.0 Å². The summed E-state index contributed by atoms with van der Waals surface area (Å²) in [6.45, 7) is 8.66. The predicted molar refractivity (Wildman–Crippen MR) is 100 cm³/mol. The molecule has 26 heavy (non-hydrogen) atoms. The van der Waals surface area contributed by atoms with E-state index in [9.17, 15) is 9.59 Å². The molecule has 1 aliphatic heterocycles. The van der Waals surface area contributed by atoms with E-state index in [1.165, 1.54) is 0 Å². The number of benzene rings is 1. The van der Waals surface area contributed by atoms with Crippen molar-refractivity contribution in [1.29, 1.82) is 0 Å². The third-order valence-corrected chi connectivity index (χ3v) is 4.72. The molecular weight excluding hydrogens is 330 g/mol. The summed E-state index contributed by atoms with van der Waals surface area (Å²) in [5, 5.41) is 3.01. The van der Waals surface area contributed by atoms with E-state index in [2.05, 4.69) is 10.2 Å². The van der Waals surface area contributed by atoms with Crippen molar-refractivity contribution >= 4 is 17.5 Å². The molecule has 0 bridgehead atoms. The molecule has 2 amide bonds. The lowest BCUT2D eigenvalue weighted by Gasteiger charge is -2.33. The zero-order valence-electron chi connectivity index (χ0n) is 15.5. The van der Waals surface area contributed by atoms with Crippen LogP contribution < -0.4 is 5.32 Å². The highest BCUT2D eigenvalue weighted by atomic mass is 16.3. The molecule has 0 saturated carbocycles. The van der Waals surface area contributed by atoms with Crippen molar-refractivity contribution in [1.82, 2.24) is 9.80 Å². The number of anilines is 1. The van der Waals surface area contributed by atoms with E-state index in [4.69, 9.17) is 4.42 Å². The first-order valence-electron chi connectivity index (χ1n) is 8.88. The molecular formula is C20H25N3O3. The summed E-state index contributed by atoms with van der Waals surface area (Å²) in [7, 11) is 0. The number of amides is 2. The molecule has 0 radical (unpaired) electrons. The van der Waals surface area contributed by atoms with Crippen LogP contribution in [0.3, 0.4) is 0 Å². The van der Waals surface area contributed by atoms with Gasteiger partial charge in [-0.2, -0.15) is 0 Å². The molecule has 0 aliphatic carbocycles. The maximum Gasteiger partial charge on any atom is 0.289 e. The Morgan fingerprint density at radius 1 is 1.00 bits per heavy atom. The zero-order valence-corrected chi connectivity index (χ0v) is 15.5. The second kappa shape index (κ2) is 7.74. The van der Waals surface area contributed by atoms with Gasteiger partial charge in [0.2, 0.25) is 5.91 Å². The number of para-hydroxylation sites is 1. The third-order valence-electron chi connectivity index (χ3n) is 4.72. The molecule has 6 heteroatoms. The summed E-state index contributed by atoms with van der Waals surface area (Å²) >= 11 is 0. The van der Waals surface area contributed by atoms with Gasteiger partial charge in [0.05, 0.1) is 6.54 Å². The molecule has 1 fully saturated rings. The van der Waals surface area contributed by atoms with Crippen LogP contribution in [0.15, 0.2) is 34.7 Å². The van der Waals surface area contributed by atoms with Gasteiger partial charge in [0.1, 0.15) is 5.76 Å². The summed E-state index contributed by atoms with van der Waals surface area (Å²) in [5.41, 5.74) is 3.00. The number of rotatable bonds is 4. The van der Waals surface area contributed by atoms with Gasteiger partial charge in [0.25, 0.3) is 5.91 Å². The van der Waals surface area contributed by atoms with E-state index < -0.39 is 0 Å². The van der Waals surface area contributed by atoms with E-state index in [0.29, 0.717) is 38.5 Å². The second-order valence-electron chi connectivity index (χ2n) is 6.79. The highest BCUT2D eigenvalue weighted by Gasteiger charge is 2.25. The maximum atomic E-state index is 12.4. The number of aryl methyl sites for hydroxylation is 3. The average Bonchev–Trinajstić information content (AvgIpc) is 3.05. The highest BCUT2D eigenvalue weighted by Crippen LogP contribution is 2.19. The molecule has 1 N–H and O–H groups in total. The van der Waals surface area contributed by atoms with Crippen LogP contribution in [0, 0.1) is 20.8 Å². The molecule has 1 saturated heterocycles. The molecule has 1 aliphatic rings. The lowest BCUT2D eigenvalue weighted by Crippen LogP contribution is -2.50. The fourth-order valence-corrected chi connectivity index (χ4v) is 3.21.